The Kier molecular flexibility index (Phi) is 5.17. The third kappa shape index (κ3) is 3.39. The van der Waals surface area contributed by atoms with Gasteiger partial charge in [-0.15, -0.1) is 0 Å². The first-order valence-electron chi connectivity index (χ1n) is 9.10. The van der Waals surface area contributed by atoms with Gasteiger partial charge in [0.25, 0.3) is 5.91 Å². The lowest BCUT2D eigenvalue weighted by molar-refractivity contribution is 0.0743. The zero-order chi connectivity index (χ0) is 19.7. The number of carbonyl (C=O) groups excluding carboxylic acids is 1. The van der Waals surface area contributed by atoms with Crippen molar-refractivity contribution in [3.8, 4) is 5.75 Å². The molecule has 6 nitrogen and oxygen atoms in total. The van der Waals surface area contributed by atoms with Crippen molar-refractivity contribution in [1.82, 2.24) is 19.7 Å². The molecular weight excluding hydrogens is 340 g/mol. The third-order valence-electron chi connectivity index (χ3n) is 4.90. The number of ether oxygens (including phenoxy) is 1. The van der Waals surface area contributed by atoms with Gasteiger partial charge in [-0.05, 0) is 39.8 Å². The molecule has 0 radical (unpaired) electrons. The Bertz CT molecular complexity index is 977. The molecule has 0 fully saturated rings. The zero-order valence-corrected chi connectivity index (χ0v) is 16.7. The smallest absolute Gasteiger partial charge is 0.254 e. The van der Waals surface area contributed by atoms with Gasteiger partial charge >= 0.3 is 0 Å². The molecule has 2 heterocycles. The number of benzene rings is 1. The van der Waals surface area contributed by atoms with E-state index in [-0.39, 0.29) is 18.0 Å². The van der Waals surface area contributed by atoms with Crippen LogP contribution < -0.4 is 4.74 Å². The Morgan fingerprint density at radius 2 is 1.93 bits per heavy atom. The molecule has 0 aliphatic heterocycles. The first-order chi connectivity index (χ1) is 12.8. The Labute approximate surface area is 159 Å². The van der Waals surface area contributed by atoms with Gasteiger partial charge in [-0.1, -0.05) is 18.2 Å². The Balaban J connectivity index is 2.02. The van der Waals surface area contributed by atoms with Crippen molar-refractivity contribution >= 4 is 16.9 Å². The van der Waals surface area contributed by atoms with E-state index in [2.05, 4.69) is 10.1 Å². The summed E-state index contributed by atoms with van der Waals surface area (Å²) in [5.74, 6) is 0.709. The summed E-state index contributed by atoms with van der Waals surface area (Å²) in [5, 5.41) is 5.21. The van der Waals surface area contributed by atoms with Gasteiger partial charge in [0.05, 0.1) is 30.3 Å². The number of hydrogen-bond donors (Lipinski definition) is 0. The molecule has 0 aliphatic rings. The Hall–Kier alpha value is -2.89. The maximum absolute atomic E-state index is 13.3. The summed E-state index contributed by atoms with van der Waals surface area (Å²) in [6, 6.07) is 9.63. The first-order valence-corrected chi connectivity index (χ1v) is 9.10. The van der Waals surface area contributed by atoms with Crippen molar-refractivity contribution < 1.29 is 9.53 Å². The number of pyridine rings is 1. The Morgan fingerprint density at radius 3 is 2.59 bits per heavy atom. The van der Waals surface area contributed by atoms with Crippen LogP contribution in [0.5, 0.6) is 5.75 Å². The fourth-order valence-corrected chi connectivity index (χ4v) is 3.28. The van der Waals surface area contributed by atoms with E-state index in [1.807, 2.05) is 69.8 Å². The maximum atomic E-state index is 13.3. The van der Waals surface area contributed by atoms with Gasteiger partial charge in [-0.3, -0.25) is 4.79 Å². The van der Waals surface area contributed by atoms with E-state index in [0.29, 0.717) is 5.56 Å². The van der Waals surface area contributed by atoms with Crippen molar-refractivity contribution in [3.05, 3.63) is 53.3 Å². The lowest BCUT2D eigenvalue weighted by Gasteiger charge is -2.27. The second-order valence-corrected chi connectivity index (χ2v) is 7.07. The van der Waals surface area contributed by atoms with Gasteiger partial charge in [-0.2, -0.15) is 5.10 Å². The molecule has 0 bridgehead atoms. The summed E-state index contributed by atoms with van der Waals surface area (Å²) in [6.45, 7) is 8.00. The highest BCUT2D eigenvalue weighted by atomic mass is 16.5. The quantitative estimate of drug-likeness (QED) is 0.680. The standard InChI is InChI=1S/C21H26N4O2/c1-13(2)25-20-18(12-22-25)17(11-14(3)23-20)21(26)24(5)15(4)16-9-7-8-10-19(16)27-6/h7-13,15H,1-6H3. The molecule has 0 N–H and O–H groups in total. The van der Waals surface area contributed by atoms with E-state index < -0.39 is 0 Å². The van der Waals surface area contributed by atoms with Gasteiger partial charge in [0, 0.05) is 24.3 Å². The summed E-state index contributed by atoms with van der Waals surface area (Å²) in [4.78, 5) is 19.7. The molecule has 1 aromatic carbocycles. The molecule has 3 aromatic rings. The molecule has 1 unspecified atom stereocenters. The van der Waals surface area contributed by atoms with Crippen molar-refractivity contribution in [2.45, 2.75) is 39.8 Å². The summed E-state index contributed by atoms with van der Waals surface area (Å²) in [5.41, 5.74) is 3.13. The predicted molar refractivity (Wildman–Crippen MR) is 106 cm³/mol. The van der Waals surface area contributed by atoms with Crippen LogP contribution in [-0.4, -0.2) is 39.7 Å². The number of aromatic nitrogens is 3. The van der Waals surface area contributed by atoms with Crippen LogP contribution in [-0.2, 0) is 0 Å². The lowest BCUT2D eigenvalue weighted by atomic mass is 10.0. The van der Waals surface area contributed by atoms with Crippen molar-refractivity contribution in [1.29, 1.82) is 0 Å². The summed E-state index contributed by atoms with van der Waals surface area (Å²) in [6.07, 6.45) is 1.73. The number of para-hydroxylation sites is 1. The van der Waals surface area contributed by atoms with Gasteiger partial charge in [0.2, 0.25) is 0 Å². The van der Waals surface area contributed by atoms with Crippen molar-refractivity contribution in [2.75, 3.05) is 14.2 Å². The highest BCUT2D eigenvalue weighted by molar-refractivity contribution is 6.05. The van der Waals surface area contributed by atoms with Gasteiger partial charge in [0.15, 0.2) is 5.65 Å². The molecule has 3 rings (SSSR count). The van der Waals surface area contributed by atoms with Crippen LogP contribution in [0.25, 0.3) is 11.0 Å². The minimum absolute atomic E-state index is 0.0628. The number of methoxy groups -OCH3 is 1. The third-order valence-corrected chi connectivity index (χ3v) is 4.90. The number of rotatable bonds is 5. The molecule has 0 spiro atoms. The molecule has 1 amide bonds. The lowest BCUT2D eigenvalue weighted by Crippen LogP contribution is -2.30. The molecule has 0 saturated carbocycles. The number of hydrogen-bond acceptors (Lipinski definition) is 4. The number of amides is 1. The van der Waals surface area contributed by atoms with E-state index in [1.165, 1.54) is 0 Å². The molecular formula is C21H26N4O2. The van der Waals surface area contributed by atoms with Crippen LogP contribution in [0.2, 0.25) is 0 Å². The highest BCUT2D eigenvalue weighted by Gasteiger charge is 2.24. The molecule has 0 saturated heterocycles. The summed E-state index contributed by atoms with van der Waals surface area (Å²) >= 11 is 0. The van der Waals surface area contributed by atoms with E-state index in [0.717, 1.165) is 28.0 Å². The van der Waals surface area contributed by atoms with Gasteiger partial charge < -0.3 is 9.64 Å². The fourth-order valence-electron chi connectivity index (χ4n) is 3.28. The van der Waals surface area contributed by atoms with Crippen LogP contribution in [0.15, 0.2) is 36.5 Å². The Morgan fingerprint density at radius 1 is 1.22 bits per heavy atom. The predicted octanol–water partition coefficient (Wildman–Crippen LogP) is 4.16. The van der Waals surface area contributed by atoms with E-state index in [9.17, 15) is 4.79 Å². The van der Waals surface area contributed by atoms with E-state index in [1.54, 1.807) is 18.2 Å². The number of aryl methyl sites for hydroxylation is 1. The highest BCUT2D eigenvalue weighted by Crippen LogP contribution is 2.30. The van der Waals surface area contributed by atoms with Crippen molar-refractivity contribution in [3.63, 3.8) is 0 Å². The average Bonchev–Trinajstić information content (AvgIpc) is 3.09. The number of nitrogens with zero attached hydrogens (tertiary/aromatic N) is 4. The molecule has 27 heavy (non-hydrogen) atoms. The topological polar surface area (TPSA) is 60.2 Å². The summed E-state index contributed by atoms with van der Waals surface area (Å²) in [7, 11) is 3.46. The van der Waals surface area contributed by atoms with Crippen LogP contribution in [0, 0.1) is 6.92 Å². The molecule has 1 atom stereocenters. The summed E-state index contributed by atoms with van der Waals surface area (Å²) < 4.78 is 7.31. The van der Waals surface area contributed by atoms with Crippen LogP contribution in [0.4, 0.5) is 0 Å². The van der Waals surface area contributed by atoms with Crippen LogP contribution >= 0.6 is 0 Å². The zero-order valence-electron chi connectivity index (χ0n) is 16.7. The monoisotopic (exact) mass is 366 g/mol. The molecule has 2 aromatic heterocycles. The van der Waals surface area contributed by atoms with Gasteiger partial charge in [0.1, 0.15) is 5.75 Å². The molecule has 6 heteroatoms. The molecule has 0 aliphatic carbocycles. The second-order valence-electron chi connectivity index (χ2n) is 7.07. The largest absolute Gasteiger partial charge is 0.496 e. The molecule has 142 valence electrons. The maximum Gasteiger partial charge on any atom is 0.254 e. The minimum atomic E-state index is -0.141. The van der Waals surface area contributed by atoms with E-state index in [4.69, 9.17) is 4.74 Å². The van der Waals surface area contributed by atoms with Crippen LogP contribution in [0.3, 0.4) is 0 Å². The SMILES string of the molecule is COc1ccccc1C(C)N(C)C(=O)c1cc(C)nc2c1cnn2C(C)C. The van der Waals surface area contributed by atoms with Crippen molar-refractivity contribution in [2.24, 2.45) is 0 Å². The van der Waals surface area contributed by atoms with Crippen LogP contribution in [0.1, 0.15) is 54.5 Å². The number of fused-ring (bicyclic) bond motifs is 1. The van der Waals surface area contributed by atoms with E-state index >= 15 is 0 Å². The first kappa shape index (κ1) is 18.9. The van der Waals surface area contributed by atoms with Gasteiger partial charge in [-0.25, -0.2) is 9.67 Å². The number of carbonyl (C=O) groups is 1. The fraction of sp³-hybridized carbons (Fsp3) is 0.381. The normalized spacial score (nSPS) is 12.4. The minimum Gasteiger partial charge on any atom is -0.496 e. The average molecular weight is 366 g/mol. The second kappa shape index (κ2) is 7.39.